The van der Waals surface area contributed by atoms with Crippen LogP contribution in [0, 0.1) is 0 Å². The summed E-state index contributed by atoms with van der Waals surface area (Å²) in [7, 11) is 1.73. The Hall–Kier alpha value is -1.06. The molecule has 0 amide bonds. The van der Waals surface area contributed by atoms with Gasteiger partial charge in [-0.1, -0.05) is 19.1 Å². The van der Waals surface area contributed by atoms with Gasteiger partial charge in [0.05, 0.1) is 0 Å². The van der Waals surface area contributed by atoms with Crippen molar-refractivity contribution in [1.29, 1.82) is 0 Å². The third kappa shape index (κ3) is 6.29. The first-order valence-electron chi connectivity index (χ1n) is 6.28. The van der Waals surface area contributed by atoms with Crippen LogP contribution in [0.2, 0.25) is 0 Å². The number of methoxy groups -OCH3 is 1. The van der Waals surface area contributed by atoms with Gasteiger partial charge in [0.15, 0.2) is 0 Å². The highest BCUT2D eigenvalue weighted by Crippen LogP contribution is 2.11. The summed E-state index contributed by atoms with van der Waals surface area (Å²) < 4.78 is 10.6. The fraction of sp³-hybridized carbons (Fsp3) is 0.571. The van der Waals surface area contributed by atoms with Crippen LogP contribution >= 0.6 is 0 Å². The fourth-order valence-corrected chi connectivity index (χ4v) is 1.53. The second kappa shape index (κ2) is 9.02. The number of hydrogen-bond acceptors (Lipinski definition) is 3. The van der Waals surface area contributed by atoms with Crippen molar-refractivity contribution in [2.24, 2.45) is 0 Å². The Bertz CT molecular complexity index is 285. The first-order chi connectivity index (χ1) is 8.36. The third-order valence-corrected chi connectivity index (χ3v) is 2.58. The van der Waals surface area contributed by atoms with E-state index < -0.39 is 0 Å². The van der Waals surface area contributed by atoms with Crippen LogP contribution in [0.4, 0.5) is 0 Å². The Morgan fingerprint density at radius 3 is 2.47 bits per heavy atom. The maximum Gasteiger partial charge on any atom is 0.119 e. The molecule has 3 heteroatoms. The Kier molecular flexibility index (Phi) is 7.43. The Morgan fingerprint density at radius 1 is 1.06 bits per heavy atom. The molecule has 0 bridgehead atoms. The molecule has 0 aliphatic heterocycles. The number of aryl methyl sites for hydroxylation is 1. The lowest BCUT2D eigenvalue weighted by Crippen LogP contribution is -2.22. The van der Waals surface area contributed by atoms with E-state index in [1.54, 1.807) is 7.11 Å². The molecule has 0 radical (unpaired) electrons. The van der Waals surface area contributed by atoms with Gasteiger partial charge in [0, 0.05) is 20.3 Å². The largest absolute Gasteiger partial charge is 0.492 e. The zero-order chi connectivity index (χ0) is 12.3. The van der Waals surface area contributed by atoms with Crippen LogP contribution in [0.5, 0.6) is 5.75 Å². The summed E-state index contributed by atoms with van der Waals surface area (Å²) in [4.78, 5) is 0. The molecule has 0 fully saturated rings. The molecule has 0 saturated carbocycles. The number of hydrogen-bond donors (Lipinski definition) is 1. The second-order valence-electron chi connectivity index (χ2n) is 3.94. The van der Waals surface area contributed by atoms with Crippen LogP contribution in [0.1, 0.15) is 18.9 Å². The minimum atomic E-state index is 0.707. The summed E-state index contributed by atoms with van der Waals surface area (Å²) in [5, 5.41) is 3.31. The standard InChI is InChI=1S/C14H23NO2/c1-3-13-5-7-14(8-6-13)17-12-10-15-9-4-11-16-2/h5-8,15H,3-4,9-12H2,1-2H3. The molecule has 1 N–H and O–H groups in total. The molecule has 0 spiro atoms. The molecule has 96 valence electrons. The highest BCUT2D eigenvalue weighted by molar-refractivity contribution is 5.27. The Labute approximate surface area is 104 Å². The van der Waals surface area contributed by atoms with Gasteiger partial charge in [0.1, 0.15) is 12.4 Å². The van der Waals surface area contributed by atoms with Gasteiger partial charge in [0.25, 0.3) is 0 Å². The molecule has 1 rings (SSSR count). The molecule has 1 aromatic rings. The van der Waals surface area contributed by atoms with Crippen molar-refractivity contribution >= 4 is 0 Å². The molecule has 3 nitrogen and oxygen atoms in total. The first kappa shape index (κ1) is 14.0. The fourth-order valence-electron chi connectivity index (χ4n) is 1.53. The number of nitrogens with one attached hydrogen (secondary N) is 1. The van der Waals surface area contributed by atoms with Gasteiger partial charge in [0.2, 0.25) is 0 Å². The molecule has 0 aliphatic carbocycles. The molecular formula is C14H23NO2. The molecule has 0 aliphatic rings. The van der Waals surface area contributed by atoms with Crippen LogP contribution in [0.25, 0.3) is 0 Å². The average molecular weight is 237 g/mol. The predicted octanol–water partition coefficient (Wildman–Crippen LogP) is 2.25. The van der Waals surface area contributed by atoms with Gasteiger partial charge in [-0.25, -0.2) is 0 Å². The maximum atomic E-state index is 5.62. The van der Waals surface area contributed by atoms with Gasteiger partial charge >= 0.3 is 0 Å². The van der Waals surface area contributed by atoms with Crippen molar-refractivity contribution in [3.8, 4) is 5.75 Å². The lowest BCUT2D eigenvalue weighted by Gasteiger charge is -2.07. The van der Waals surface area contributed by atoms with E-state index in [0.717, 1.165) is 38.3 Å². The maximum absolute atomic E-state index is 5.62. The van der Waals surface area contributed by atoms with E-state index >= 15 is 0 Å². The third-order valence-electron chi connectivity index (χ3n) is 2.58. The average Bonchev–Trinajstić information content (AvgIpc) is 2.38. The molecule has 0 aromatic heterocycles. The van der Waals surface area contributed by atoms with E-state index in [4.69, 9.17) is 9.47 Å². The van der Waals surface area contributed by atoms with Crippen LogP contribution in [-0.2, 0) is 11.2 Å². The Balaban J connectivity index is 2.05. The number of benzene rings is 1. The summed E-state index contributed by atoms with van der Waals surface area (Å²) in [5.41, 5.74) is 1.34. The predicted molar refractivity (Wildman–Crippen MR) is 70.7 cm³/mol. The van der Waals surface area contributed by atoms with E-state index in [9.17, 15) is 0 Å². The smallest absolute Gasteiger partial charge is 0.119 e. The molecule has 17 heavy (non-hydrogen) atoms. The van der Waals surface area contributed by atoms with Gasteiger partial charge in [-0.3, -0.25) is 0 Å². The molecule has 0 atom stereocenters. The first-order valence-corrected chi connectivity index (χ1v) is 6.28. The molecule has 1 aromatic carbocycles. The normalized spacial score (nSPS) is 10.5. The zero-order valence-corrected chi connectivity index (χ0v) is 10.9. The lowest BCUT2D eigenvalue weighted by atomic mass is 10.2. The topological polar surface area (TPSA) is 30.5 Å². The zero-order valence-electron chi connectivity index (χ0n) is 10.9. The van der Waals surface area contributed by atoms with E-state index in [0.29, 0.717) is 6.61 Å². The van der Waals surface area contributed by atoms with Crippen LogP contribution < -0.4 is 10.1 Å². The molecule has 0 heterocycles. The van der Waals surface area contributed by atoms with Crippen molar-refractivity contribution < 1.29 is 9.47 Å². The van der Waals surface area contributed by atoms with Crippen molar-refractivity contribution in [1.82, 2.24) is 5.32 Å². The minimum absolute atomic E-state index is 0.707. The molecular weight excluding hydrogens is 214 g/mol. The monoisotopic (exact) mass is 237 g/mol. The van der Waals surface area contributed by atoms with E-state index in [1.807, 2.05) is 12.1 Å². The van der Waals surface area contributed by atoms with Crippen molar-refractivity contribution in [3.63, 3.8) is 0 Å². The van der Waals surface area contributed by atoms with Gasteiger partial charge in [-0.05, 0) is 37.1 Å². The van der Waals surface area contributed by atoms with Gasteiger partial charge in [-0.15, -0.1) is 0 Å². The lowest BCUT2D eigenvalue weighted by molar-refractivity contribution is 0.193. The SMILES string of the molecule is CCc1ccc(OCCNCCCOC)cc1. The van der Waals surface area contributed by atoms with Gasteiger partial charge < -0.3 is 14.8 Å². The van der Waals surface area contributed by atoms with Crippen molar-refractivity contribution in [2.45, 2.75) is 19.8 Å². The van der Waals surface area contributed by atoms with Crippen LogP contribution in [0.3, 0.4) is 0 Å². The van der Waals surface area contributed by atoms with Gasteiger partial charge in [-0.2, -0.15) is 0 Å². The van der Waals surface area contributed by atoms with Crippen LogP contribution in [0.15, 0.2) is 24.3 Å². The Morgan fingerprint density at radius 2 is 1.82 bits per heavy atom. The molecule has 0 saturated heterocycles. The summed E-state index contributed by atoms with van der Waals surface area (Å²) in [6.07, 6.45) is 2.11. The van der Waals surface area contributed by atoms with E-state index in [-0.39, 0.29) is 0 Å². The number of ether oxygens (including phenoxy) is 2. The van der Waals surface area contributed by atoms with E-state index in [1.165, 1.54) is 5.56 Å². The quantitative estimate of drug-likeness (QED) is 0.668. The highest BCUT2D eigenvalue weighted by atomic mass is 16.5. The van der Waals surface area contributed by atoms with Crippen LogP contribution in [-0.4, -0.2) is 33.4 Å². The minimum Gasteiger partial charge on any atom is -0.492 e. The van der Waals surface area contributed by atoms with Crippen molar-refractivity contribution in [3.05, 3.63) is 29.8 Å². The second-order valence-corrected chi connectivity index (χ2v) is 3.94. The highest BCUT2D eigenvalue weighted by Gasteiger charge is 1.94. The molecule has 0 unspecified atom stereocenters. The van der Waals surface area contributed by atoms with E-state index in [2.05, 4.69) is 24.4 Å². The van der Waals surface area contributed by atoms with Crippen molar-refractivity contribution in [2.75, 3.05) is 33.4 Å². The summed E-state index contributed by atoms with van der Waals surface area (Å²) in [5.74, 6) is 0.945. The summed E-state index contributed by atoms with van der Waals surface area (Å²) in [6.45, 7) is 5.52. The number of rotatable bonds is 9. The summed E-state index contributed by atoms with van der Waals surface area (Å²) in [6, 6.07) is 8.29. The summed E-state index contributed by atoms with van der Waals surface area (Å²) >= 11 is 0.